The third-order valence-electron chi connectivity index (χ3n) is 7.88. The van der Waals surface area contributed by atoms with Crippen molar-refractivity contribution < 1.29 is 14.6 Å². The number of likely N-dealkylation sites (tertiary alicyclic amines) is 1. The van der Waals surface area contributed by atoms with Crippen LogP contribution >= 0.6 is 0 Å². The summed E-state index contributed by atoms with van der Waals surface area (Å²) in [6.07, 6.45) is 5.39. The van der Waals surface area contributed by atoms with E-state index in [1.165, 1.54) is 0 Å². The number of para-hydroxylation sites is 1. The van der Waals surface area contributed by atoms with Gasteiger partial charge in [-0.1, -0.05) is 43.2 Å². The van der Waals surface area contributed by atoms with Gasteiger partial charge in [0.15, 0.2) is 0 Å². The fourth-order valence-electron chi connectivity index (χ4n) is 6.09. The number of nitrogens with one attached hydrogen (secondary N) is 1. The molecule has 1 aliphatic carbocycles. The number of methoxy groups -OCH3 is 1. The molecule has 2 aromatic rings. The van der Waals surface area contributed by atoms with E-state index in [2.05, 4.69) is 27.2 Å². The molecular weight excluding hydrogens is 402 g/mol. The van der Waals surface area contributed by atoms with Gasteiger partial charge in [-0.3, -0.25) is 9.69 Å². The third kappa shape index (κ3) is 3.46. The summed E-state index contributed by atoms with van der Waals surface area (Å²) in [5.74, 6) is 0.909. The molecule has 5 rings (SSSR count). The lowest BCUT2D eigenvalue weighted by Gasteiger charge is -2.51. The summed E-state index contributed by atoms with van der Waals surface area (Å²) in [5, 5.41) is 15.0. The number of nitrogens with zero attached hydrogens (tertiary/aromatic N) is 2. The molecule has 0 unspecified atom stereocenters. The van der Waals surface area contributed by atoms with Crippen molar-refractivity contribution in [2.24, 2.45) is 0 Å². The molecule has 1 amide bonds. The lowest BCUT2D eigenvalue weighted by molar-refractivity contribution is -0.127. The number of rotatable bonds is 4. The van der Waals surface area contributed by atoms with Crippen LogP contribution in [0.1, 0.15) is 44.1 Å². The van der Waals surface area contributed by atoms with Crippen molar-refractivity contribution in [3.63, 3.8) is 0 Å². The molecule has 6 heteroatoms. The van der Waals surface area contributed by atoms with Gasteiger partial charge in [0.2, 0.25) is 5.91 Å². The molecule has 0 bridgehead atoms. The van der Waals surface area contributed by atoms with Gasteiger partial charge in [-0.15, -0.1) is 0 Å². The minimum absolute atomic E-state index is 0.0512. The van der Waals surface area contributed by atoms with Gasteiger partial charge in [0.05, 0.1) is 13.8 Å². The lowest BCUT2D eigenvalue weighted by atomic mass is 9.73. The van der Waals surface area contributed by atoms with Crippen molar-refractivity contribution in [2.75, 3.05) is 31.8 Å². The molecule has 2 N–H and O–H groups in total. The van der Waals surface area contributed by atoms with Gasteiger partial charge in [-0.05, 0) is 55.5 Å². The molecule has 32 heavy (non-hydrogen) atoms. The quantitative estimate of drug-likeness (QED) is 0.772. The van der Waals surface area contributed by atoms with E-state index in [1.54, 1.807) is 7.11 Å². The Morgan fingerprint density at radius 1 is 1.03 bits per heavy atom. The Morgan fingerprint density at radius 3 is 2.56 bits per heavy atom. The number of carbonyl (C=O) groups is 1. The fraction of sp³-hybridized carbons (Fsp3) is 0.500. The smallest absolute Gasteiger partial charge is 0.247 e. The first-order valence-electron chi connectivity index (χ1n) is 11.8. The summed E-state index contributed by atoms with van der Waals surface area (Å²) in [5.41, 5.74) is 0.630. The van der Waals surface area contributed by atoms with Crippen LogP contribution in [0.4, 0.5) is 5.69 Å². The van der Waals surface area contributed by atoms with Gasteiger partial charge in [-0.25, -0.2) is 0 Å². The number of hydrogen-bond acceptors (Lipinski definition) is 5. The van der Waals surface area contributed by atoms with Gasteiger partial charge in [0, 0.05) is 24.8 Å². The van der Waals surface area contributed by atoms with Crippen molar-refractivity contribution in [3.8, 4) is 5.75 Å². The molecule has 3 fully saturated rings. The zero-order chi connectivity index (χ0) is 22.2. The monoisotopic (exact) mass is 435 g/mol. The predicted molar refractivity (Wildman–Crippen MR) is 125 cm³/mol. The second-order valence-electron chi connectivity index (χ2n) is 9.41. The van der Waals surface area contributed by atoms with Crippen LogP contribution in [0.2, 0.25) is 0 Å². The summed E-state index contributed by atoms with van der Waals surface area (Å²) in [4.78, 5) is 17.7. The van der Waals surface area contributed by atoms with E-state index in [0.29, 0.717) is 6.67 Å². The molecule has 2 atom stereocenters. The number of amides is 1. The van der Waals surface area contributed by atoms with Crippen LogP contribution in [0.15, 0.2) is 54.6 Å². The summed E-state index contributed by atoms with van der Waals surface area (Å²) in [6.45, 7) is 2.15. The van der Waals surface area contributed by atoms with E-state index in [9.17, 15) is 9.90 Å². The second kappa shape index (κ2) is 8.41. The number of hydrogen-bond donors (Lipinski definition) is 2. The van der Waals surface area contributed by atoms with E-state index >= 15 is 0 Å². The molecule has 6 nitrogen and oxygen atoms in total. The maximum Gasteiger partial charge on any atom is 0.247 e. The standard InChI is InChI=1S/C26H33N3O3/c1-32-22-11-7-8-20(18-22)26(31)13-6-5-12-23(26)28-16-14-25(15-17-28)24(30)27-19-29(25)21-9-3-2-4-10-21/h2-4,7-11,18,23,31H,5-6,12-17,19H2,1H3,(H,27,30)/t23-,26+/m1/s1. The van der Waals surface area contributed by atoms with Gasteiger partial charge < -0.3 is 20.1 Å². The molecule has 2 heterocycles. The summed E-state index contributed by atoms with van der Waals surface area (Å²) >= 11 is 0. The highest BCUT2D eigenvalue weighted by Crippen LogP contribution is 2.44. The average molecular weight is 436 g/mol. The first kappa shape index (κ1) is 21.3. The Labute approximate surface area is 190 Å². The van der Waals surface area contributed by atoms with Crippen LogP contribution in [0.3, 0.4) is 0 Å². The zero-order valence-corrected chi connectivity index (χ0v) is 18.8. The Morgan fingerprint density at radius 2 is 1.81 bits per heavy atom. The van der Waals surface area contributed by atoms with Crippen molar-refractivity contribution in [1.82, 2.24) is 10.2 Å². The number of piperidine rings is 1. The Hall–Kier alpha value is -2.57. The number of aliphatic hydroxyl groups is 1. The normalized spacial score (nSPS) is 28.0. The van der Waals surface area contributed by atoms with E-state index in [1.807, 2.05) is 42.5 Å². The number of carbonyl (C=O) groups excluding carboxylic acids is 1. The molecule has 2 aliphatic heterocycles. The highest BCUT2D eigenvalue weighted by molar-refractivity contribution is 5.93. The number of benzene rings is 2. The first-order valence-corrected chi connectivity index (χ1v) is 11.8. The van der Waals surface area contributed by atoms with Crippen molar-refractivity contribution >= 4 is 11.6 Å². The van der Waals surface area contributed by atoms with Crippen molar-refractivity contribution in [3.05, 3.63) is 60.2 Å². The molecule has 2 aromatic carbocycles. The summed E-state index contributed by atoms with van der Waals surface area (Å²) < 4.78 is 5.43. The third-order valence-corrected chi connectivity index (χ3v) is 7.88. The van der Waals surface area contributed by atoms with E-state index < -0.39 is 11.1 Å². The van der Waals surface area contributed by atoms with Crippen molar-refractivity contribution in [2.45, 2.75) is 55.7 Å². The molecular formula is C26H33N3O3. The predicted octanol–water partition coefficient (Wildman–Crippen LogP) is 3.25. The molecule has 0 aromatic heterocycles. The maximum absolute atomic E-state index is 13.0. The lowest BCUT2D eigenvalue weighted by Crippen LogP contribution is -2.61. The van der Waals surface area contributed by atoms with Gasteiger partial charge in [0.1, 0.15) is 16.9 Å². The van der Waals surface area contributed by atoms with Crippen LogP contribution in [0.5, 0.6) is 5.75 Å². The Balaban J connectivity index is 1.38. The zero-order valence-electron chi connectivity index (χ0n) is 18.8. The minimum Gasteiger partial charge on any atom is -0.497 e. The number of anilines is 1. The Bertz CT molecular complexity index is 958. The van der Waals surface area contributed by atoms with Gasteiger partial charge in [-0.2, -0.15) is 0 Å². The van der Waals surface area contributed by atoms with Crippen LogP contribution in [-0.4, -0.2) is 54.4 Å². The van der Waals surface area contributed by atoms with Crippen LogP contribution in [-0.2, 0) is 10.4 Å². The first-order chi connectivity index (χ1) is 15.6. The fourth-order valence-corrected chi connectivity index (χ4v) is 6.09. The van der Waals surface area contributed by atoms with Crippen LogP contribution < -0.4 is 15.0 Å². The van der Waals surface area contributed by atoms with Gasteiger partial charge >= 0.3 is 0 Å². The highest BCUT2D eigenvalue weighted by Gasteiger charge is 2.53. The van der Waals surface area contributed by atoms with E-state index in [4.69, 9.17) is 4.74 Å². The largest absolute Gasteiger partial charge is 0.497 e. The minimum atomic E-state index is -0.894. The molecule has 2 saturated heterocycles. The van der Waals surface area contributed by atoms with Crippen molar-refractivity contribution in [1.29, 1.82) is 0 Å². The summed E-state index contributed by atoms with van der Waals surface area (Å²) in [6, 6.07) is 18.2. The van der Waals surface area contributed by atoms with E-state index in [0.717, 1.165) is 68.6 Å². The molecule has 3 aliphatic rings. The van der Waals surface area contributed by atoms with Crippen LogP contribution in [0.25, 0.3) is 0 Å². The highest BCUT2D eigenvalue weighted by atomic mass is 16.5. The molecule has 170 valence electrons. The Kier molecular flexibility index (Phi) is 5.59. The van der Waals surface area contributed by atoms with Crippen LogP contribution in [0, 0.1) is 0 Å². The topological polar surface area (TPSA) is 65.0 Å². The molecule has 0 radical (unpaired) electrons. The summed E-state index contributed by atoms with van der Waals surface area (Å²) in [7, 11) is 1.66. The second-order valence-corrected chi connectivity index (χ2v) is 9.41. The van der Waals surface area contributed by atoms with Gasteiger partial charge in [0.25, 0.3) is 0 Å². The molecule has 1 saturated carbocycles. The maximum atomic E-state index is 13.0. The van der Waals surface area contributed by atoms with E-state index in [-0.39, 0.29) is 11.9 Å². The SMILES string of the molecule is COc1cccc([C@@]2(O)CCCC[C@H]2N2CCC3(CC2)C(=O)NCN3c2ccccc2)c1. The molecule has 1 spiro atoms. The average Bonchev–Trinajstić information content (AvgIpc) is 3.16. The number of ether oxygens (including phenoxy) is 1.